The number of amides is 1. The molecule has 0 atom stereocenters. The van der Waals surface area contributed by atoms with Crippen LogP contribution in [0, 0.1) is 0 Å². The van der Waals surface area contributed by atoms with Crippen LogP contribution >= 0.6 is 0 Å². The molecular formula is C23H18N6O. The van der Waals surface area contributed by atoms with E-state index < -0.39 is 0 Å². The zero-order chi connectivity index (χ0) is 20.3. The lowest BCUT2D eigenvalue weighted by Gasteiger charge is -2.07. The second kappa shape index (κ2) is 7.63. The third kappa shape index (κ3) is 3.44. The molecule has 146 valence electrons. The molecule has 0 aliphatic rings. The van der Waals surface area contributed by atoms with Gasteiger partial charge in [-0.2, -0.15) is 5.10 Å². The van der Waals surface area contributed by atoms with E-state index >= 15 is 0 Å². The maximum Gasteiger partial charge on any atom is 0.255 e. The van der Waals surface area contributed by atoms with Crippen molar-refractivity contribution in [2.75, 3.05) is 0 Å². The standard InChI is InChI=1S/C23H18N6O/c30-23(18-14-26-29-21(18)16-9-11-24-12-10-16)25-13-15-5-7-17(8-6-15)22-27-19-3-1-2-4-20(19)28-22/h1-12,14H,13H2,(H,25,30)(H,26,29)(H,27,28). The SMILES string of the molecule is O=C(NCc1ccc(-c2nc3ccccc3[nH]2)cc1)c1cn[nH]c1-c1ccncc1. The van der Waals surface area contributed by atoms with Crippen LogP contribution in [-0.2, 0) is 6.54 Å². The molecule has 3 N–H and O–H groups in total. The predicted molar refractivity (Wildman–Crippen MR) is 115 cm³/mol. The zero-order valence-electron chi connectivity index (χ0n) is 16.0. The molecule has 3 aromatic heterocycles. The van der Waals surface area contributed by atoms with Gasteiger partial charge in [-0.05, 0) is 29.8 Å². The van der Waals surface area contributed by atoms with Crippen molar-refractivity contribution in [3.63, 3.8) is 0 Å². The van der Waals surface area contributed by atoms with Gasteiger partial charge in [-0.3, -0.25) is 14.9 Å². The molecule has 7 heteroatoms. The van der Waals surface area contributed by atoms with E-state index in [0.29, 0.717) is 17.8 Å². The number of carbonyl (C=O) groups is 1. The van der Waals surface area contributed by atoms with Gasteiger partial charge in [0.05, 0.1) is 28.5 Å². The fraction of sp³-hybridized carbons (Fsp3) is 0.0435. The fourth-order valence-electron chi connectivity index (χ4n) is 3.34. The van der Waals surface area contributed by atoms with Gasteiger partial charge in [-0.15, -0.1) is 0 Å². The van der Waals surface area contributed by atoms with Gasteiger partial charge in [-0.25, -0.2) is 4.98 Å². The molecule has 0 aliphatic carbocycles. The van der Waals surface area contributed by atoms with Gasteiger partial charge >= 0.3 is 0 Å². The molecule has 0 spiro atoms. The summed E-state index contributed by atoms with van der Waals surface area (Å²) in [6.45, 7) is 0.417. The summed E-state index contributed by atoms with van der Waals surface area (Å²) in [6.07, 6.45) is 4.90. The molecule has 0 saturated heterocycles. The highest BCUT2D eigenvalue weighted by atomic mass is 16.1. The predicted octanol–water partition coefficient (Wildman–Crippen LogP) is 3.95. The second-order valence-corrected chi connectivity index (χ2v) is 6.88. The number of pyridine rings is 1. The quantitative estimate of drug-likeness (QED) is 0.420. The first-order chi connectivity index (χ1) is 14.8. The highest BCUT2D eigenvalue weighted by molar-refractivity contribution is 5.99. The van der Waals surface area contributed by atoms with Crippen molar-refractivity contribution >= 4 is 16.9 Å². The number of fused-ring (bicyclic) bond motifs is 1. The summed E-state index contributed by atoms with van der Waals surface area (Å²) in [5.74, 6) is 0.643. The van der Waals surface area contributed by atoms with Crippen molar-refractivity contribution < 1.29 is 4.79 Å². The monoisotopic (exact) mass is 394 g/mol. The van der Waals surface area contributed by atoms with Gasteiger partial charge in [0, 0.05) is 30.1 Å². The van der Waals surface area contributed by atoms with Crippen molar-refractivity contribution in [1.29, 1.82) is 0 Å². The molecule has 7 nitrogen and oxygen atoms in total. The Labute approximate surface area is 172 Å². The number of aromatic nitrogens is 5. The van der Waals surface area contributed by atoms with E-state index in [2.05, 4.69) is 30.5 Å². The van der Waals surface area contributed by atoms with Gasteiger partial charge in [0.1, 0.15) is 5.82 Å². The van der Waals surface area contributed by atoms with Gasteiger partial charge in [-0.1, -0.05) is 36.4 Å². The smallest absolute Gasteiger partial charge is 0.255 e. The van der Waals surface area contributed by atoms with E-state index in [1.165, 1.54) is 6.20 Å². The van der Waals surface area contributed by atoms with Crippen LogP contribution in [-0.4, -0.2) is 31.1 Å². The summed E-state index contributed by atoms with van der Waals surface area (Å²) >= 11 is 0. The van der Waals surface area contributed by atoms with E-state index in [-0.39, 0.29) is 5.91 Å². The van der Waals surface area contributed by atoms with E-state index in [1.54, 1.807) is 12.4 Å². The fourth-order valence-corrected chi connectivity index (χ4v) is 3.34. The van der Waals surface area contributed by atoms with Crippen molar-refractivity contribution in [1.82, 2.24) is 30.5 Å². The molecule has 3 heterocycles. The maximum absolute atomic E-state index is 12.7. The Balaban J connectivity index is 1.28. The molecule has 1 amide bonds. The Hall–Kier alpha value is -4.26. The molecule has 0 saturated carbocycles. The number of benzene rings is 2. The Bertz CT molecular complexity index is 1270. The molecular weight excluding hydrogens is 376 g/mol. The zero-order valence-corrected chi connectivity index (χ0v) is 16.0. The third-order valence-corrected chi connectivity index (χ3v) is 4.92. The van der Waals surface area contributed by atoms with E-state index in [0.717, 1.165) is 33.5 Å². The Kier molecular flexibility index (Phi) is 4.53. The number of hydrogen-bond acceptors (Lipinski definition) is 4. The first-order valence-corrected chi connectivity index (χ1v) is 9.54. The number of nitrogens with one attached hydrogen (secondary N) is 3. The Morgan fingerprint density at radius 1 is 0.933 bits per heavy atom. The average molecular weight is 394 g/mol. The highest BCUT2D eigenvalue weighted by Crippen LogP contribution is 2.22. The summed E-state index contributed by atoms with van der Waals surface area (Å²) < 4.78 is 0. The first-order valence-electron chi connectivity index (χ1n) is 9.54. The minimum Gasteiger partial charge on any atom is -0.348 e. The van der Waals surface area contributed by atoms with E-state index in [1.807, 2.05) is 60.7 Å². The number of aromatic amines is 2. The van der Waals surface area contributed by atoms with Crippen LogP contribution in [0.15, 0.2) is 79.3 Å². The lowest BCUT2D eigenvalue weighted by Crippen LogP contribution is -2.22. The first kappa shape index (κ1) is 17.8. The molecule has 5 rings (SSSR count). The second-order valence-electron chi connectivity index (χ2n) is 6.88. The summed E-state index contributed by atoms with van der Waals surface area (Å²) in [7, 11) is 0. The number of para-hydroxylation sites is 2. The van der Waals surface area contributed by atoms with Crippen LogP contribution in [0.1, 0.15) is 15.9 Å². The van der Waals surface area contributed by atoms with Crippen molar-refractivity contribution in [3.8, 4) is 22.6 Å². The van der Waals surface area contributed by atoms with Gasteiger partial charge in [0.25, 0.3) is 5.91 Å². The molecule has 30 heavy (non-hydrogen) atoms. The molecule has 0 fully saturated rings. The Morgan fingerprint density at radius 3 is 2.53 bits per heavy atom. The van der Waals surface area contributed by atoms with Crippen LogP contribution in [0.5, 0.6) is 0 Å². The van der Waals surface area contributed by atoms with Gasteiger partial charge in [0.15, 0.2) is 0 Å². The van der Waals surface area contributed by atoms with Crippen molar-refractivity contribution in [2.45, 2.75) is 6.54 Å². The minimum atomic E-state index is -0.183. The molecule has 0 bridgehead atoms. The number of nitrogens with zero attached hydrogens (tertiary/aromatic N) is 3. The topological polar surface area (TPSA) is 99.4 Å². The lowest BCUT2D eigenvalue weighted by atomic mass is 10.1. The average Bonchev–Trinajstić information content (AvgIpc) is 3.46. The number of rotatable bonds is 5. The van der Waals surface area contributed by atoms with Crippen molar-refractivity contribution in [3.05, 3.63) is 90.4 Å². The summed E-state index contributed by atoms with van der Waals surface area (Å²) in [5.41, 5.74) is 5.98. The van der Waals surface area contributed by atoms with Crippen LogP contribution in [0.2, 0.25) is 0 Å². The van der Waals surface area contributed by atoms with Gasteiger partial charge < -0.3 is 10.3 Å². The molecule has 0 aliphatic heterocycles. The van der Waals surface area contributed by atoms with Crippen LogP contribution in [0.3, 0.4) is 0 Å². The third-order valence-electron chi connectivity index (χ3n) is 4.92. The summed E-state index contributed by atoms with van der Waals surface area (Å²) in [5, 5.41) is 9.86. The molecule has 2 aromatic carbocycles. The number of imidazole rings is 1. The number of carbonyl (C=O) groups excluding carboxylic acids is 1. The van der Waals surface area contributed by atoms with E-state index in [4.69, 9.17) is 0 Å². The normalized spacial score (nSPS) is 10.9. The summed E-state index contributed by atoms with van der Waals surface area (Å²) in [4.78, 5) is 24.6. The van der Waals surface area contributed by atoms with E-state index in [9.17, 15) is 4.79 Å². The summed E-state index contributed by atoms with van der Waals surface area (Å²) in [6, 6.07) is 19.6. The van der Waals surface area contributed by atoms with Crippen LogP contribution in [0.4, 0.5) is 0 Å². The molecule has 0 unspecified atom stereocenters. The number of hydrogen-bond donors (Lipinski definition) is 3. The van der Waals surface area contributed by atoms with Crippen molar-refractivity contribution in [2.24, 2.45) is 0 Å². The highest BCUT2D eigenvalue weighted by Gasteiger charge is 2.15. The number of H-pyrrole nitrogens is 2. The largest absolute Gasteiger partial charge is 0.348 e. The molecule has 0 radical (unpaired) electrons. The van der Waals surface area contributed by atoms with Crippen LogP contribution < -0.4 is 5.32 Å². The molecule has 5 aromatic rings. The van der Waals surface area contributed by atoms with Crippen LogP contribution in [0.25, 0.3) is 33.7 Å². The maximum atomic E-state index is 12.7. The minimum absolute atomic E-state index is 0.183. The van der Waals surface area contributed by atoms with Gasteiger partial charge in [0.2, 0.25) is 0 Å². The Morgan fingerprint density at radius 2 is 1.73 bits per heavy atom. The lowest BCUT2D eigenvalue weighted by molar-refractivity contribution is 0.0951.